The molecule has 1 aromatic rings. The van der Waals surface area contributed by atoms with Crippen molar-refractivity contribution in [3.05, 3.63) is 39.9 Å². The van der Waals surface area contributed by atoms with Crippen LogP contribution in [0.4, 0.5) is 5.69 Å². The predicted octanol–water partition coefficient (Wildman–Crippen LogP) is 3.23. The second kappa shape index (κ2) is 7.63. The zero-order valence-corrected chi connectivity index (χ0v) is 11.3. The van der Waals surface area contributed by atoms with E-state index < -0.39 is 4.92 Å². The number of ether oxygens (including phenoxy) is 1. The van der Waals surface area contributed by atoms with Crippen molar-refractivity contribution in [2.24, 2.45) is 5.92 Å². The summed E-state index contributed by atoms with van der Waals surface area (Å²) in [6.07, 6.45) is 2.17. The van der Waals surface area contributed by atoms with Crippen LogP contribution in [0.25, 0.3) is 0 Å². The molecule has 0 bridgehead atoms. The maximum Gasteiger partial charge on any atom is 0.269 e. The van der Waals surface area contributed by atoms with Gasteiger partial charge in [-0.15, -0.1) is 0 Å². The van der Waals surface area contributed by atoms with E-state index in [1.165, 1.54) is 24.3 Å². The lowest BCUT2D eigenvalue weighted by molar-refractivity contribution is -0.384. The van der Waals surface area contributed by atoms with Crippen LogP contribution in [0.15, 0.2) is 24.3 Å². The molecular formula is C14H19NO4. The van der Waals surface area contributed by atoms with Crippen LogP contribution >= 0.6 is 0 Å². The van der Waals surface area contributed by atoms with Gasteiger partial charge in [0, 0.05) is 24.3 Å². The van der Waals surface area contributed by atoms with E-state index in [0.29, 0.717) is 18.1 Å². The summed E-state index contributed by atoms with van der Waals surface area (Å²) >= 11 is 0. The highest BCUT2D eigenvalue weighted by Gasteiger charge is 2.10. The fraction of sp³-hybridized carbons (Fsp3) is 0.500. The van der Waals surface area contributed by atoms with Crippen molar-refractivity contribution in [3.8, 4) is 0 Å². The lowest BCUT2D eigenvalue weighted by Crippen LogP contribution is -2.13. The molecule has 0 aromatic heterocycles. The third kappa shape index (κ3) is 5.18. The summed E-state index contributed by atoms with van der Waals surface area (Å²) in [7, 11) is 0. The monoisotopic (exact) mass is 265 g/mol. The molecule has 1 aromatic carbocycles. The average molecular weight is 265 g/mol. The van der Waals surface area contributed by atoms with E-state index in [0.717, 1.165) is 12.8 Å². The van der Waals surface area contributed by atoms with Gasteiger partial charge in [-0.1, -0.05) is 20.3 Å². The molecule has 0 amide bonds. The van der Waals surface area contributed by atoms with Gasteiger partial charge in [-0.2, -0.15) is 0 Å². The molecule has 104 valence electrons. The number of benzene rings is 1. The largest absolute Gasteiger partial charge is 0.373 e. The molecule has 1 unspecified atom stereocenters. The van der Waals surface area contributed by atoms with Crippen molar-refractivity contribution in [3.63, 3.8) is 0 Å². The van der Waals surface area contributed by atoms with Crippen LogP contribution in [-0.4, -0.2) is 23.9 Å². The third-order valence-corrected chi connectivity index (χ3v) is 2.82. The number of hydrogen-bond acceptors (Lipinski definition) is 4. The van der Waals surface area contributed by atoms with Gasteiger partial charge >= 0.3 is 0 Å². The highest BCUT2D eigenvalue weighted by atomic mass is 16.6. The van der Waals surface area contributed by atoms with Gasteiger partial charge < -0.3 is 4.74 Å². The molecule has 0 N–H and O–H groups in total. The van der Waals surface area contributed by atoms with Crippen LogP contribution in [0.1, 0.15) is 37.0 Å². The van der Waals surface area contributed by atoms with Gasteiger partial charge in [0.2, 0.25) is 0 Å². The number of nitrogens with zero attached hydrogens (tertiary/aromatic N) is 1. The molecule has 19 heavy (non-hydrogen) atoms. The molecule has 0 saturated heterocycles. The lowest BCUT2D eigenvalue weighted by atomic mass is 10.1. The third-order valence-electron chi connectivity index (χ3n) is 2.82. The van der Waals surface area contributed by atoms with E-state index in [9.17, 15) is 14.9 Å². The van der Waals surface area contributed by atoms with Crippen molar-refractivity contribution < 1.29 is 14.5 Å². The number of nitro benzene ring substituents is 1. The van der Waals surface area contributed by atoms with Crippen LogP contribution in [-0.2, 0) is 4.74 Å². The molecule has 1 atom stereocenters. The molecule has 0 fully saturated rings. The summed E-state index contributed by atoms with van der Waals surface area (Å²) in [5.41, 5.74) is 0.419. The summed E-state index contributed by atoms with van der Waals surface area (Å²) < 4.78 is 5.36. The molecule has 0 aliphatic heterocycles. The SMILES string of the molecule is CCCC(C)COCC(=O)c1ccc([N+](=O)[O-])cc1. The van der Waals surface area contributed by atoms with Crippen LogP contribution in [0.5, 0.6) is 0 Å². The first-order chi connectivity index (χ1) is 9.04. The van der Waals surface area contributed by atoms with Crippen molar-refractivity contribution >= 4 is 11.5 Å². The second-order valence-corrected chi connectivity index (χ2v) is 4.64. The molecular weight excluding hydrogens is 246 g/mol. The molecule has 5 nitrogen and oxygen atoms in total. The van der Waals surface area contributed by atoms with Gasteiger partial charge in [-0.25, -0.2) is 0 Å². The van der Waals surface area contributed by atoms with Gasteiger partial charge in [-0.05, 0) is 24.5 Å². The van der Waals surface area contributed by atoms with E-state index in [2.05, 4.69) is 13.8 Å². The first-order valence-corrected chi connectivity index (χ1v) is 6.40. The zero-order valence-electron chi connectivity index (χ0n) is 11.3. The number of nitro groups is 1. The Balaban J connectivity index is 2.43. The molecule has 0 spiro atoms. The lowest BCUT2D eigenvalue weighted by Gasteiger charge is -2.10. The Morgan fingerprint density at radius 1 is 1.37 bits per heavy atom. The molecule has 1 rings (SSSR count). The minimum absolute atomic E-state index is 0.0194. The van der Waals surface area contributed by atoms with Gasteiger partial charge in [0.25, 0.3) is 5.69 Å². The van der Waals surface area contributed by atoms with Gasteiger partial charge in [-0.3, -0.25) is 14.9 Å². The molecule has 0 saturated carbocycles. The van der Waals surface area contributed by atoms with Crippen molar-refractivity contribution in [2.45, 2.75) is 26.7 Å². The molecule has 5 heteroatoms. The fourth-order valence-electron chi connectivity index (χ4n) is 1.78. The molecule has 0 radical (unpaired) electrons. The molecule has 0 aliphatic carbocycles. The molecule has 0 heterocycles. The van der Waals surface area contributed by atoms with Gasteiger partial charge in [0.1, 0.15) is 6.61 Å². The topological polar surface area (TPSA) is 69.4 Å². The predicted molar refractivity (Wildman–Crippen MR) is 72.3 cm³/mol. The van der Waals surface area contributed by atoms with Gasteiger partial charge in [0.15, 0.2) is 5.78 Å². The number of carbonyl (C=O) groups is 1. The number of hydrogen-bond donors (Lipinski definition) is 0. The second-order valence-electron chi connectivity index (χ2n) is 4.64. The van der Waals surface area contributed by atoms with E-state index in [-0.39, 0.29) is 18.1 Å². The standard InChI is InChI=1S/C14H19NO4/c1-3-4-11(2)9-19-10-14(16)12-5-7-13(8-6-12)15(17)18/h5-8,11H,3-4,9-10H2,1-2H3. The average Bonchev–Trinajstić information content (AvgIpc) is 2.39. The minimum atomic E-state index is -0.489. The van der Waals surface area contributed by atoms with Crippen molar-refractivity contribution in [1.29, 1.82) is 0 Å². The highest BCUT2D eigenvalue weighted by Crippen LogP contribution is 2.12. The summed E-state index contributed by atoms with van der Waals surface area (Å²) in [6, 6.07) is 5.57. The Kier molecular flexibility index (Phi) is 6.15. The van der Waals surface area contributed by atoms with Crippen LogP contribution < -0.4 is 0 Å². The maximum atomic E-state index is 11.8. The smallest absolute Gasteiger partial charge is 0.269 e. The first kappa shape index (κ1) is 15.3. The summed E-state index contributed by atoms with van der Waals surface area (Å²) in [5.74, 6) is 0.285. The Hall–Kier alpha value is -1.75. The Labute approximate surface area is 112 Å². The quantitative estimate of drug-likeness (QED) is 0.411. The highest BCUT2D eigenvalue weighted by molar-refractivity contribution is 5.97. The number of carbonyl (C=O) groups excluding carboxylic acids is 1. The van der Waals surface area contributed by atoms with Gasteiger partial charge in [0.05, 0.1) is 4.92 Å². The fourth-order valence-corrected chi connectivity index (χ4v) is 1.78. The normalized spacial score (nSPS) is 12.1. The minimum Gasteiger partial charge on any atom is -0.373 e. The number of non-ortho nitro benzene ring substituents is 1. The Morgan fingerprint density at radius 3 is 2.53 bits per heavy atom. The summed E-state index contributed by atoms with van der Waals surface area (Å²) in [4.78, 5) is 21.8. The number of rotatable bonds is 8. The van der Waals surface area contributed by atoms with Crippen LogP contribution in [0.2, 0.25) is 0 Å². The van der Waals surface area contributed by atoms with E-state index in [1.807, 2.05) is 0 Å². The van der Waals surface area contributed by atoms with E-state index >= 15 is 0 Å². The maximum absolute atomic E-state index is 11.8. The summed E-state index contributed by atoms with van der Waals surface area (Å²) in [5, 5.41) is 10.5. The molecule has 0 aliphatic rings. The summed E-state index contributed by atoms with van der Waals surface area (Å²) in [6.45, 7) is 4.77. The zero-order chi connectivity index (χ0) is 14.3. The van der Waals surface area contributed by atoms with E-state index in [4.69, 9.17) is 4.74 Å². The number of Topliss-reactive ketones (excluding diaryl/α,β-unsaturated/α-hetero) is 1. The first-order valence-electron chi connectivity index (χ1n) is 6.40. The number of ketones is 1. The van der Waals surface area contributed by atoms with Crippen molar-refractivity contribution in [2.75, 3.05) is 13.2 Å². The van der Waals surface area contributed by atoms with Crippen LogP contribution in [0.3, 0.4) is 0 Å². The van der Waals surface area contributed by atoms with E-state index in [1.54, 1.807) is 0 Å². The Morgan fingerprint density at radius 2 is 2.00 bits per heavy atom. The van der Waals surface area contributed by atoms with Crippen molar-refractivity contribution in [1.82, 2.24) is 0 Å². The Bertz CT molecular complexity index is 428. The van der Waals surface area contributed by atoms with Crippen LogP contribution in [0, 0.1) is 16.0 Å².